The van der Waals surface area contributed by atoms with Gasteiger partial charge < -0.3 is 4.74 Å². The quantitative estimate of drug-likeness (QED) is 0.0789. The van der Waals surface area contributed by atoms with Crippen LogP contribution in [0.3, 0.4) is 0 Å². The molecule has 190 valence electrons. The average Bonchev–Trinajstić information content (AvgIpc) is 2.89. The van der Waals surface area contributed by atoms with E-state index in [1.807, 2.05) is 30.3 Å². The van der Waals surface area contributed by atoms with Crippen molar-refractivity contribution < 1.29 is 14.3 Å². The number of fused-ring (bicyclic) bond motifs is 1. The van der Waals surface area contributed by atoms with Crippen LogP contribution in [0.2, 0.25) is 5.02 Å². The number of esters is 1. The third kappa shape index (κ3) is 8.80. The van der Waals surface area contributed by atoms with Gasteiger partial charge in [-0.15, -0.1) is 0 Å². The van der Waals surface area contributed by atoms with Crippen molar-refractivity contribution in [1.82, 2.24) is 5.43 Å². The third-order valence-corrected chi connectivity index (χ3v) is 6.36. The zero-order chi connectivity index (χ0) is 25.6. The van der Waals surface area contributed by atoms with Crippen molar-refractivity contribution in [3.05, 3.63) is 76.8 Å². The highest BCUT2D eigenvalue weighted by Gasteiger charge is 2.13. The molecule has 0 bridgehead atoms. The molecule has 5 nitrogen and oxygen atoms in total. The van der Waals surface area contributed by atoms with E-state index in [1.165, 1.54) is 44.9 Å². The largest absolute Gasteiger partial charge is 0.422 e. The SMILES string of the molecule is CCCCCCCCCCCC(=O)N/N=C\c1c(OC(=O)c2ccc(Cl)cc2)ccc2ccccc12. The Bertz CT molecular complexity index is 1160. The maximum absolute atomic E-state index is 12.7. The monoisotopic (exact) mass is 506 g/mol. The number of carbonyl (C=O) groups excluding carboxylic acids is 2. The van der Waals surface area contributed by atoms with E-state index >= 15 is 0 Å². The Labute approximate surface area is 218 Å². The number of hydrogen-bond donors (Lipinski definition) is 1. The Balaban J connectivity index is 1.56. The van der Waals surface area contributed by atoms with E-state index in [-0.39, 0.29) is 5.91 Å². The molecule has 0 fully saturated rings. The van der Waals surface area contributed by atoms with Gasteiger partial charge in [0.2, 0.25) is 5.91 Å². The standard InChI is InChI=1S/C30H35ClN2O3/c1-2-3-4-5-6-7-8-9-10-15-29(34)33-32-22-27-26-14-12-11-13-23(26)18-21-28(27)36-30(35)24-16-19-25(31)20-17-24/h11-14,16-22H,2-10,15H2,1H3,(H,33,34)/b32-22-. The molecule has 3 aromatic carbocycles. The van der Waals surface area contributed by atoms with Crippen LogP contribution in [-0.4, -0.2) is 18.1 Å². The summed E-state index contributed by atoms with van der Waals surface area (Å²) in [6.07, 6.45) is 12.8. The Hall–Kier alpha value is -3.18. The van der Waals surface area contributed by atoms with Crippen LogP contribution < -0.4 is 10.2 Å². The summed E-state index contributed by atoms with van der Waals surface area (Å²) in [5.41, 5.74) is 3.63. The summed E-state index contributed by atoms with van der Waals surface area (Å²) in [6.45, 7) is 2.23. The van der Waals surface area contributed by atoms with Gasteiger partial charge in [0, 0.05) is 17.0 Å². The molecule has 0 atom stereocenters. The topological polar surface area (TPSA) is 67.8 Å². The molecule has 3 aromatic rings. The lowest BCUT2D eigenvalue weighted by molar-refractivity contribution is -0.121. The molecule has 0 aliphatic rings. The van der Waals surface area contributed by atoms with Gasteiger partial charge in [-0.25, -0.2) is 10.2 Å². The van der Waals surface area contributed by atoms with Crippen molar-refractivity contribution in [2.45, 2.75) is 71.1 Å². The third-order valence-electron chi connectivity index (χ3n) is 6.10. The minimum Gasteiger partial charge on any atom is -0.422 e. The number of ether oxygens (including phenoxy) is 1. The normalized spacial score (nSPS) is 11.2. The predicted octanol–water partition coefficient (Wildman–Crippen LogP) is 8.08. The number of hydrazone groups is 1. The zero-order valence-corrected chi connectivity index (χ0v) is 21.7. The first-order valence-electron chi connectivity index (χ1n) is 12.9. The van der Waals surface area contributed by atoms with Crippen LogP contribution in [0, 0.1) is 0 Å². The van der Waals surface area contributed by atoms with E-state index < -0.39 is 5.97 Å². The summed E-state index contributed by atoms with van der Waals surface area (Å²) < 4.78 is 5.68. The first-order chi connectivity index (χ1) is 17.6. The predicted molar refractivity (Wildman–Crippen MR) is 148 cm³/mol. The number of nitrogens with one attached hydrogen (secondary N) is 1. The van der Waals surface area contributed by atoms with Crippen molar-refractivity contribution >= 4 is 40.5 Å². The Morgan fingerprint density at radius 1 is 0.861 bits per heavy atom. The van der Waals surface area contributed by atoms with Crippen LogP contribution in [-0.2, 0) is 4.79 Å². The molecule has 0 heterocycles. The van der Waals surface area contributed by atoms with Gasteiger partial charge in [0.05, 0.1) is 11.8 Å². The number of amides is 1. The first-order valence-corrected chi connectivity index (χ1v) is 13.3. The van der Waals surface area contributed by atoms with E-state index in [9.17, 15) is 9.59 Å². The number of carbonyl (C=O) groups is 2. The zero-order valence-electron chi connectivity index (χ0n) is 21.0. The van der Waals surface area contributed by atoms with Gasteiger partial charge in [-0.2, -0.15) is 5.10 Å². The number of hydrogen-bond acceptors (Lipinski definition) is 4. The highest BCUT2D eigenvalue weighted by Crippen LogP contribution is 2.27. The number of benzene rings is 3. The van der Waals surface area contributed by atoms with Gasteiger partial charge in [0.1, 0.15) is 5.75 Å². The molecule has 0 spiro atoms. The molecule has 3 rings (SSSR count). The molecular weight excluding hydrogens is 472 g/mol. The minimum atomic E-state index is -0.494. The average molecular weight is 507 g/mol. The van der Waals surface area contributed by atoms with Gasteiger partial charge >= 0.3 is 5.97 Å². The van der Waals surface area contributed by atoms with Crippen molar-refractivity contribution in [2.75, 3.05) is 0 Å². The van der Waals surface area contributed by atoms with Crippen molar-refractivity contribution in [3.63, 3.8) is 0 Å². The van der Waals surface area contributed by atoms with Crippen LogP contribution in [0.5, 0.6) is 5.75 Å². The van der Waals surface area contributed by atoms with Crippen LogP contribution in [0.4, 0.5) is 0 Å². The molecule has 0 saturated carbocycles. The molecule has 36 heavy (non-hydrogen) atoms. The molecule has 0 saturated heterocycles. The number of halogens is 1. The molecule has 0 aliphatic carbocycles. The van der Waals surface area contributed by atoms with Crippen molar-refractivity contribution in [3.8, 4) is 5.75 Å². The molecule has 1 N–H and O–H groups in total. The lowest BCUT2D eigenvalue weighted by Gasteiger charge is -2.10. The fourth-order valence-electron chi connectivity index (χ4n) is 4.06. The lowest BCUT2D eigenvalue weighted by Crippen LogP contribution is -2.17. The maximum Gasteiger partial charge on any atom is 0.343 e. The second kappa shape index (κ2) is 15.0. The van der Waals surface area contributed by atoms with Crippen LogP contribution in [0.25, 0.3) is 10.8 Å². The summed E-state index contributed by atoms with van der Waals surface area (Å²) in [5.74, 6) is -0.245. The van der Waals surface area contributed by atoms with Crippen molar-refractivity contribution in [1.29, 1.82) is 0 Å². The summed E-state index contributed by atoms with van der Waals surface area (Å²) in [5, 5.41) is 6.56. The summed E-state index contributed by atoms with van der Waals surface area (Å²) in [4.78, 5) is 24.9. The van der Waals surface area contributed by atoms with Gasteiger partial charge in [-0.05, 0) is 47.5 Å². The van der Waals surface area contributed by atoms with E-state index in [2.05, 4.69) is 17.5 Å². The van der Waals surface area contributed by atoms with Gasteiger partial charge in [-0.3, -0.25) is 4.79 Å². The van der Waals surface area contributed by atoms with E-state index in [1.54, 1.807) is 36.5 Å². The summed E-state index contributed by atoms with van der Waals surface area (Å²) in [6, 6.07) is 17.9. The molecule has 0 unspecified atom stereocenters. The molecule has 0 radical (unpaired) electrons. The highest BCUT2D eigenvalue weighted by molar-refractivity contribution is 6.30. The van der Waals surface area contributed by atoms with Gasteiger partial charge in [0.25, 0.3) is 0 Å². The molecule has 6 heteroatoms. The number of rotatable bonds is 14. The second-order valence-corrected chi connectivity index (χ2v) is 9.40. The molecule has 1 amide bonds. The van der Waals surface area contributed by atoms with Crippen molar-refractivity contribution in [2.24, 2.45) is 5.10 Å². The van der Waals surface area contributed by atoms with Crippen LogP contribution >= 0.6 is 11.6 Å². The van der Waals surface area contributed by atoms with E-state index in [0.29, 0.717) is 28.3 Å². The number of nitrogens with zero attached hydrogens (tertiary/aromatic N) is 1. The first kappa shape index (κ1) is 27.4. The van der Waals surface area contributed by atoms with Crippen LogP contribution in [0.15, 0.2) is 65.8 Å². The molecule has 0 aromatic heterocycles. The fraction of sp³-hybridized carbons (Fsp3) is 0.367. The Kier molecular flexibility index (Phi) is 11.5. The summed E-state index contributed by atoms with van der Waals surface area (Å²) >= 11 is 5.92. The fourth-order valence-corrected chi connectivity index (χ4v) is 4.19. The smallest absolute Gasteiger partial charge is 0.343 e. The van der Waals surface area contributed by atoms with E-state index in [0.717, 1.165) is 23.6 Å². The maximum atomic E-state index is 12.7. The minimum absolute atomic E-state index is 0.117. The molecular formula is C30H35ClN2O3. The van der Waals surface area contributed by atoms with Crippen LogP contribution in [0.1, 0.15) is 87.1 Å². The van der Waals surface area contributed by atoms with Gasteiger partial charge in [-0.1, -0.05) is 100 Å². The second-order valence-electron chi connectivity index (χ2n) is 8.97. The number of unbranched alkanes of at least 4 members (excludes halogenated alkanes) is 8. The molecule has 0 aliphatic heterocycles. The van der Waals surface area contributed by atoms with Gasteiger partial charge in [0.15, 0.2) is 0 Å². The highest BCUT2D eigenvalue weighted by atomic mass is 35.5. The lowest BCUT2D eigenvalue weighted by atomic mass is 10.0. The van der Waals surface area contributed by atoms with E-state index in [4.69, 9.17) is 16.3 Å². The summed E-state index contributed by atoms with van der Waals surface area (Å²) in [7, 11) is 0. The Morgan fingerprint density at radius 2 is 1.53 bits per heavy atom. The Morgan fingerprint density at radius 3 is 2.25 bits per heavy atom.